The summed E-state index contributed by atoms with van der Waals surface area (Å²) in [4.78, 5) is 32.6. The van der Waals surface area contributed by atoms with Crippen molar-refractivity contribution in [3.8, 4) is 6.07 Å². The Bertz CT molecular complexity index is 1040. The average molecular weight is 445 g/mol. The summed E-state index contributed by atoms with van der Waals surface area (Å²) in [5.41, 5.74) is 4.63. The summed E-state index contributed by atoms with van der Waals surface area (Å²) in [5, 5.41) is 9.01. The molecule has 6 nitrogen and oxygen atoms in total. The first-order chi connectivity index (χ1) is 15.9. The molecule has 1 unspecified atom stereocenters. The number of anilines is 1. The Morgan fingerprint density at radius 2 is 1.58 bits per heavy atom. The lowest BCUT2D eigenvalue weighted by atomic mass is 9.95. The topological polar surface area (TPSA) is 67.7 Å². The minimum absolute atomic E-state index is 0.0298. The molecule has 0 N–H and O–H groups in total. The van der Waals surface area contributed by atoms with Crippen LogP contribution in [0.15, 0.2) is 42.5 Å². The van der Waals surface area contributed by atoms with Crippen LogP contribution in [0.1, 0.15) is 46.3 Å². The van der Waals surface area contributed by atoms with Gasteiger partial charge in [-0.15, -0.1) is 0 Å². The highest BCUT2D eigenvalue weighted by atomic mass is 16.2. The standard InChI is InChI=1S/C27H32N4O2/c1-20-15-21(2)17-24(16-20)27(33)31-10-3-5-23(19-31)26(32)30-12-4-11-29(13-14-30)25-8-6-22(18-28)7-9-25/h6-9,15-17,23H,3-5,10-14,19H2,1-2H3. The van der Waals surface area contributed by atoms with Crippen LogP contribution < -0.4 is 4.90 Å². The lowest BCUT2D eigenvalue weighted by Crippen LogP contribution is -2.47. The molecule has 0 bridgehead atoms. The molecule has 2 aliphatic heterocycles. The lowest BCUT2D eigenvalue weighted by Gasteiger charge is -2.35. The van der Waals surface area contributed by atoms with E-state index in [1.54, 1.807) is 0 Å². The molecule has 0 saturated carbocycles. The number of rotatable bonds is 3. The Labute approximate surface area is 196 Å². The Kier molecular flexibility index (Phi) is 6.98. The summed E-state index contributed by atoms with van der Waals surface area (Å²) in [6.07, 6.45) is 2.60. The van der Waals surface area contributed by atoms with Gasteiger partial charge in [-0.2, -0.15) is 5.26 Å². The van der Waals surface area contributed by atoms with Gasteiger partial charge in [-0.25, -0.2) is 0 Å². The third-order valence-electron chi connectivity index (χ3n) is 6.70. The van der Waals surface area contributed by atoms with Crippen LogP contribution in [0.4, 0.5) is 5.69 Å². The largest absolute Gasteiger partial charge is 0.370 e. The van der Waals surface area contributed by atoms with Gasteiger partial charge in [0.1, 0.15) is 0 Å². The zero-order valence-electron chi connectivity index (χ0n) is 19.6. The van der Waals surface area contributed by atoms with Crippen molar-refractivity contribution in [2.75, 3.05) is 44.2 Å². The van der Waals surface area contributed by atoms with Gasteiger partial charge in [-0.1, -0.05) is 17.2 Å². The van der Waals surface area contributed by atoms with Crippen LogP contribution in [-0.4, -0.2) is 60.9 Å². The van der Waals surface area contributed by atoms with Crippen LogP contribution in [0.2, 0.25) is 0 Å². The van der Waals surface area contributed by atoms with Crippen LogP contribution in [0, 0.1) is 31.1 Å². The van der Waals surface area contributed by atoms with Crippen molar-refractivity contribution in [2.24, 2.45) is 5.92 Å². The fraction of sp³-hybridized carbons (Fsp3) is 0.444. The summed E-state index contributed by atoms with van der Waals surface area (Å²) in [5.74, 6) is 0.0758. The molecular formula is C27H32N4O2. The van der Waals surface area contributed by atoms with E-state index in [4.69, 9.17) is 5.26 Å². The third kappa shape index (κ3) is 5.36. The van der Waals surface area contributed by atoms with Crippen molar-refractivity contribution >= 4 is 17.5 Å². The number of hydrogen-bond donors (Lipinski definition) is 0. The van der Waals surface area contributed by atoms with Crippen LogP contribution in [0.5, 0.6) is 0 Å². The Morgan fingerprint density at radius 3 is 2.27 bits per heavy atom. The van der Waals surface area contributed by atoms with Crippen molar-refractivity contribution < 1.29 is 9.59 Å². The van der Waals surface area contributed by atoms with Crippen LogP contribution in [0.3, 0.4) is 0 Å². The van der Waals surface area contributed by atoms with Gasteiger partial charge >= 0.3 is 0 Å². The number of carbonyl (C=O) groups is 2. The van der Waals surface area contributed by atoms with Gasteiger partial charge in [0.25, 0.3) is 5.91 Å². The predicted octanol–water partition coefficient (Wildman–Crippen LogP) is 3.77. The van der Waals surface area contributed by atoms with Gasteiger partial charge < -0.3 is 14.7 Å². The van der Waals surface area contributed by atoms with Gasteiger partial charge in [-0.3, -0.25) is 9.59 Å². The van der Waals surface area contributed by atoms with E-state index in [0.717, 1.165) is 55.7 Å². The Hall–Kier alpha value is -3.33. The van der Waals surface area contributed by atoms with Crippen molar-refractivity contribution in [3.05, 3.63) is 64.7 Å². The average Bonchev–Trinajstić information content (AvgIpc) is 3.09. The zero-order valence-corrected chi connectivity index (χ0v) is 19.6. The summed E-state index contributed by atoms with van der Waals surface area (Å²) < 4.78 is 0. The number of benzene rings is 2. The van der Waals surface area contributed by atoms with E-state index < -0.39 is 0 Å². The number of nitrogens with zero attached hydrogens (tertiary/aromatic N) is 4. The molecule has 4 rings (SSSR count). The minimum Gasteiger partial charge on any atom is -0.370 e. The minimum atomic E-state index is -0.130. The highest BCUT2D eigenvalue weighted by Gasteiger charge is 2.32. The molecule has 2 fully saturated rings. The second kappa shape index (κ2) is 10.1. The summed E-state index contributed by atoms with van der Waals surface area (Å²) >= 11 is 0. The van der Waals surface area contributed by atoms with E-state index in [9.17, 15) is 9.59 Å². The number of likely N-dealkylation sites (tertiary alicyclic amines) is 1. The second-order valence-electron chi connectivity index (χ2n) is 9.29. The molecule has 6 heteroatoms. The maximum absolute atomic E-state index is 13.4. The molecule has 2 aromatic rings. The van der Waals surface area contributed by atoms with Crippen molar-refractivity contribution in [2.45, 2.75) is 33.1 Å². The third-order valence-corrected chi connectivity index (χ3v) is 6.70. The molecular weight excluding hydrogens is 412 g/mol. The van der Waals surface area contributed by atoms with E-state index in [0.29, 0.717) is 30.8 Å². The fourth-order valence-electron chi connectivity index (χ4n) is 5.04. The van der Waals surface area contributed by atoms with E-state index in [1.807, 2.05) is 60.0 Å². The van der Waals surface area contributed by atoms with Crippen molar-refractivity contribution in [1.82, 2.24) is 9.80 Å². The van der Waals surface area contributed by atoms with E-state index in [2.05, 4.69) is 17.0 Å². The first-order valence-electron chi connectivity index (χ1n) is 11.9. The number of hydrogen-bond acceptors (Lipinski definition) is 4. The predicted molar refractivity (Wildman–Crippen MR) is 129 cm³/mol. The molecule has 2 aromatic carbocycles. The van der Waals surface area contributed by atoms with Gasteiger partial charge in [0.2, 0.25) is 5.91 Å². The molecule has 2 aliphatic rings. The molecule has 0 spiro atoms. The number of nitriles is 1. The van der Waals surface area contributed by atoms with Crippen LogP contribution >= 0.6 is 0 Å². The molecule has 0 aromatic heterocycles. The highest BCUT2D eigenvalue weighted by molar-refractivity contribution is 5.95. The monoisotopic (exact) mass is 444 g/mol. The van der Waals surface area contributed by atoms with Gasteiger partial charge in [0.05, 0.1) is 17.6 Å². The van der Waals surface area contributed by atoms with E-state index >= 15 is 0 Å². The van der Waals surface area contributed by atoms with Crippen molar-refractivity contribution in [1.29, 1.82) is 5.26 Å². The lowest BCUT2D eigenvalue weighted by molar-refractivity contribution is -0.136. The second-order valence-corrected chi connectivity index (χ2v) is 9.29. The molecule has 2 saturated heterocycles. The molecule has 1 atom stereocenters. The first kappa shape index (κ1) is 22.8. The van der Waals surface area contributed by atoms with E-state index in [1.165, 1.54) is 0 Å². The molecule has 0 radical (unpaired) electrons. The molecule has 33 heavy (non-hydrogen) atoms. The molecule has 0 aliphatic carbocycles. The number of aryl methyl sites for hydroxylation is 2. The Morgan fingerprint density at radius 1 is 0.879 bits per heavy atom. The summed E-state index contributed by atoms with van der Waals surface area (Å²) in [6.45, 7) is 8.31. The van der Waals surface area contributed by atoms with Gasteiger partial charge in [0, 0.05) is 50.5 Å². The smallest absolute Gasteiger partial charge is 0.253 e. The number of piperidine rings is 1. The maximum atomic E-state index is 13.4. The zero-order chi connectivity index (χ0) is 23.4. The normalized spacial score (nSPS) is 19.1. The van der Waals surface area contributed by atoms with Gasteiger partial charge in [-0.05, 0) is 69.5 Å². The van der Waals surface area contributed by atoms with Crippen LogP contribution in [0.25, 0.3) is 0 Å². The molecule has 2 amide bonds. The SMILES string of the molecule is Cc1cc(C)cc(C(=O)N2CCCC(C(=O)N3CCCN(c4ccc(C#N)cc4)CC3)C2)c1. The first-order valence-corrected chi connectivity index (χ1v) is 11.9. The number of amides is 2. The maximum Gasteiger partial charge on any atom is 0.253 e. The van der Waals surface area contributed by atoms with Crippen LogP contribution in [-0.2, 0) is 4.79 Å². The molecule has 2 heterocycles. The summed E-state index contributed by atoms with van der Waals surface area (Å²) in [7, 11) is 0. The van der Waals surface area contributed by atoms with Crippen molar-refractivity contribution in [3.63, 3.8) is 0 Å². The summed E-state index contributed by atoms with van der Waals surface area (Å²) in [6, 6.07) is 15.7. The van der Waals surface area contributed by atoms with E-state index in [-0.39, 0.29) is 17.7 Å². The quantitative estimate of drug-likeness (QED) is 0.723. The highest BCUT2D eigenvalue weighted by Crippen LogP contribution is 2.23. The number of carbonyl (C=O) groups excluding carboxylic acids is 2. The Balaban J connectivity index is 1.38. The molecule has 172 valence electrons. The fourth-order valence-corrected chi connectivity index (χ4v) is 5.04. The van der Waals surface area contributed by atoms with Gasteiger partial charge in [0.15, 0.2) is 0 Å².